The lowest BCUT2D eigenvalue weighted by atomic mass is 10.1. The summed E-state index contributed by atoms with van der Waals surface area (Å²) in [7, 11) is -2.69. The zero-order chi connectivity index (χ0) is 28.0. The van der Waals surface area contributed by atoms with Gasteiger partial charge in [0.25, 0.3) is 10.0 Å². The molecule has 0 aliphatic carbocycles. The van der Waals surface area contributed by atoms with Crippen molar-refractivity contribution in [1.82, 2.24) is 10.2 Å². The number of halogens is 3. The van der Waals surface area contributed by atoms with Gasteiger partial charge in [-0.1, -0.05) is 65.5 Å². The van der Waals surface area contributed by atoms with E-state index in [0.717, 1.165) is 9.87 Å². The summed E-state index contributed by atoms with van der Waals surface area (Å²) in [5.41, 5.74) is 1.87. The van der Waals surface area contributed by atoms with Crippen molar-refractivity contribution in [3.05, 3.63) is 92.9 Å². The highest BCUT2D eigenvalue weighted by Crippen LogP contribution is 2.27. The van der Waals surface area contributed by atoms with Crippen molar-refractivity contribution < 1.29 is 18.0 Å². The predicted octanol–water partition coefficient (Wildman–Crippen LogP) is 5.70. The monoisotopic (exact) mass is 595 g/mol. The second-order valence-corrected chi connectivity index (χ2v) is 11.7. The van der Waals surface area contributed by atoms with Crippen molar-refractivity contribution >= 4 is 62.3 Å². The van der Waals surface area contributed by atoms with Gasteiger partial charge in [0, 0.05) is 18.6 Å². The van der Waals surface area contributed by atoms with Gasteiger partial charge in [0.2, 0.25) is 11.8 Å². The number of hydrogen-bond donors (Lipinski definition) is 1. The van der Waals surface area contributed by atoms with Crippen molar-refractivity contribution in [2.75, 3.05) is 17.9 Å². The molecule has 0 saturated carbocycles. The minimum Gasteiger partial charge on any atom is -0.357 e. The van der Waals surface area contributed by atoms with Crippen molar-refractivity contribution in [2.45, 2.75) is 37.8 Å². The van der Waals surface area contributed by atoms with Crippen LogP contribution in [0.5, 0.6) is 0 Å². The molecule has 202 valence electrons. The van der Waals surface area contributed by atoms with E-state index in [0.29, 0.717) is 32.7 Å². The molecule has 1 N–H and O–H groups in total. The number of anilines is 1. The molecule has 1 atom stereocenters. The van der Waals surface area contributed by atoms with Crippen LogP contribution in [-0.2, 0) is 26.2 Å². The maximum absolute atomic E-state index is 13.9. The fourth-order valence-corrected chi connectivity index (χ4v) is 5.76. The molecule has 2 amide bonds. The van der Waals surface area contributed by atoms with Gasteiger partial charge in [-0.2, -0.15) is 0 Å². The average molecular weight is 597 g/mol. The summed E-state index contributed by atoms with van der Waals surface area (Å²) < 4.78 is 28.6. The lowest BCUT2D eigenvalue weighted by Crippen LogP contribution is -2.51. The van der Waals surface area contributed by atoms with E-state index in [4.69, 9.17) is 34.8 Å². The van der Waals surface area contributed by atoms with E-state index >= 15 is 0 Å². The van der Waals surface area contributed by atoms with Crippen LogP contribution in [0.3, 0.4) is 0 Å². The standard InChI is InChI=1S/C27H28Cl3N3O4S/c1-4-25(27(35)31-3)32(16-19-7-14-23(29)24(30)15-19)26(34)17-33(21-10-5-18(2)6-11-21)38(36,37)22-12-8-20(28)9-13-22/h5-15,25H,4,16-17H2,1-3H3,(H,31,35). The quantitative estimate of drug-likeness (QED) is 0.325. The van der Waals surface area contributed by atoms with Crippen LogP contribution in [0.4, 0.5) is 5.69 Å². The fraction of sp³-hybridized carbons (Fsp3) is 0.259. The van der Waals surface area contributed by atoms with E-state index in [1.807, 2.05) is 6.92 Å². The molecule has 0 aliphatic heterocycles. The lowest BCUT2D eigenvalue weighted by Gasteiger charge is -2.33. The Hall–Kier alpha value is -2.78. The van der Waals surface area contributed by atoms with Crippen LogP contribution in [0.1, 0.15) is 24.5 Å². The number of nitrogens with one attached hydrogen (secondary N) is 1. The van der Waals surface area contributed by atoms with Gasteiger partial charge in [-0.3, -0.25) is 13.9 Å². The maximum Gasteiger partial charge on any atom is 0.264 e. The Labute approximate surface area is 238 Å². The van der Waals surface area contributed by atoms with Crippen molar-refractivity contribution in [3.8, 4) is 0 Å². The Bertz CT molecular complexity index is 1400. The molecule has 0 heterocycles. The average Bonchev–Trinajstić information content (AvgIpc) is 2.89. The molecule has 0 radical (unpaired) electrons. The summed E-state index contributed by atoms with van der Waals surface area (Å²) in [6.45, 7) is 3.13. The molecule has 0 spiro atoms. The number of rotatable bonds is 10. The Balaban J connectivity index is 2.06. The first-order valence-electron chi connectivity index (χ1n) is 11.8. The lowest BCUT2D eigenvalue weighted by molar-refractivity contribution is -0.140. The Morgan fingerprint density at radius 2 is 1.55 bits per heavy atom. The molecule has 0 saturated heterocycles. The first kappa shape index (κ1) is 29.8. The number of amides is 2. The molecular formula is C27H28Cl3N3O4S. The summed E-state index contributed by atoms with van der Waals surface area (Å²) in [5, 5.41) is 3.62. The van der Waals surface area contributed by atoms with Crippen LogP contribution in [-0.4, -0.2) is 44.8 Å². The van der Waals surface area contributed by atoms with Gasteiger partial charge >= 0.3 is 0 Å². The molecule has 1 unspecified atom stereocenters. The van der Waals surface area contributed by atoms with Crippen LogP contribution >= 0.6 is 34.8 Å². The van der Waals surface area contributed by atoms with E-state index in [2.05, 4.69) is 5.32 Å². The van der Waals surface area contributed by atoms with Gasteiger partial charge in [0.05, 0.1) is 20.6 Å². The fourth-order valence-electron chi connectivity index (χ4n) is 3.89. The summed E-state index contributed by atoms with van der Waals surface area (Å²) in [4.78, 5) is 27.9. The number of nitrogens with zero attached hydrogens (tertiary/aromatic N) is 2. The molecule has 0 fully saturated rings. The zero-order valence-corrected chi connectivity index (χ0v) is 24.2. The van der Waals surface area contributed by atoms with Crippen LogP contribution in [0, 0.1) is 6.92 Å². The number of aryl methyl sites for hydroxylation is 1. The van der Waals surface area contributed by atoms with E-state index in [-0.39, 0.29) is 17.3 Å². The molecule has 3 aromatic rings. The number of benzene rings is 3. The molecule has 0 bridgehead atoms. The number of hydrogen-bond acceptors (Lipinski definition) is 4. The zero-order valence-electron chi connectivity index (χ0n) is 21.1. The number of carbonyl (C=O) groups excluding carboxylic acids is 2. The predicted molar refractivity (Wildman–Crippen MR) is 152 cm³/mol. The minimum absolute atomic E-state index is 0.0182. The molecule has 38 heavy (non-hydrogen) atoms. The third kappa shape index (κ3) is 6.99. The van der Waals surface area contributed by atoms with Crippen LogP contribution in [0.2, 0.25) is 15.1 Å². The normalized spacial score (nSPS) is 12.1. The molecule has 0 aromatic heterocycles. The highest BCUT2D eigenvalue weighted by atomic mass is 35.5. The highest BCUT2D eigenvalue weighted by Gasteiger charge is 2.33. The van der Waals surface area contributed by atoms with Crippen molar-refractivity contribution in [2.24, 2.45) is 0 Å². The first-order chi connectivity index (χ1) is 18.0. The van der Waals surface area contributed by atoms with Gasteiger partial charge < -0.3 is 10.2 Å². The third-order valence-electron chi connectivity index (χ3n) is 5.97. The smallest absolute Gasteiger partial charge is 0.264 e. The van der Waals surface area contributed by atoms with E-state index in [1.165, 1.54) is 36.2 Å². The topological polar surface area (TPSA) is 86.8 Å². The highest BCUT2D eigenvalue weighted by molar-refractivity contribution is 7.92. The minimum atomic E-state index is -4.17. The van der Waals surface area contributed by atoms with Gasteiger partial charge in [-0.05, 0) is 67.4 Å². The molecule has 0 aliphatic rings. The number of carbonyl (C=O) groups is 2. The summed E-state index contributed by atoms with van der Waals surface area (Å²) >= 11 is 18.2. The SMILES string of the molecule is CCC(C(=O)NC)N(Cc1ccc(Cl)c(Cl)c1)C(=O)CN(c1ccc(C)cc1)S(=O)(=O)c1ccc(Cl)cc1. The van der Waals surface area contributed by atoms with Crippen LogP contribution in [0.25, 0.3) is 0 Å². The maximum atomic E-state index is 13.9. The van der Waals surface area contributed by atoms with E-state index in [9.17, 15) is 18.0 Å². The number of sulfonamides is 1. The van der Waals surface area contributed by atoms with Crippen molar-refractivity contribution in [3.63, 3.8) is 0 Å². The van der Waals surface area contributed by atoms with Gasteiger partial charge in [-0.15, -0.1) is 0 Å². The Kier molecular flexibility index (Phi) is 10.1. The van der Waals surface area contributed by atoms with Gasteiger partial charge in [0.15, 0.2) is 0 Å². The second-order valence-electron chi connectivity index (χ2n) is 8.61. The van der Waals surface area contributed by atoms with Crippen LogP contribution < -0.4 is 9.62 Å². The van der Waals surface area contributed by atoms with E-state index in [1.54, 1.807) is 49.4 Å². The summed E-state index contributed by atoms with van der Waals surface area (Å²) in [5.74, 6) is -0.937. The van der Waals surface area contributed by atoms with Crippen molar-refractivity contribution in [1.29, 1.82) is 0 Å². The second kappa shape index (κ2) is 12.8. The number of likely N-dealkylation sites (N-methyl/N-ethyl adjacent to an activating group) is 1. The summed E-state index contributed by atoms with van der Waals surface area (Å²) in [6, 6.07) is 16.6. The molecule has 3 rings (SSSR count). The largest absolute Gasteiger partial charge is 0.357 e. The first-order valence-corrected chi connectivity index (χ1v) is 14.3. The van der Waals surface area contributed by atoms with Gasteiger partial charge in [0.1, 0.15) is 12.6 Å². The van der Waals surface area contributed by atoms with Gasteiger partial charge in [-0.25, -0.2) is 8.42 Å². The van der Waals surface area contributed by atoms with Crippen LogP contribution in [0.15, 0.2) is 71.6 Å². The Morgan fingerprint density at radius 3 is 2.11 bits per heavy atom. The third-order valence-corrected chi connectivity index (χ3v) is 8.75. The molecule has 11 heteroatoms. The molecular weight excluding hydrogens is 569 g/mol. The van der Waals surface area contributed by atoms with E-state index < -0.39 is 28.5 Å². The summed E-state index contributed by atoms with van der Waals surface area (Å²) in [6.07, 6.45) is 0.307. The Morgan fingerprint density at radius 1 is 0.921 bits per heavy atom. The molecule has 7 nitrogen and oxygen atoms in total. The molecule has 3 aromatic carbocycles.